The maximum Gasteiger partial charge on any atom is 0.275 e. The number of carbonyl (C=O) groups excluding carboxylic acids is 1. The van der Waals surface area contributed by atoms with Crippen LogP contribution in [0.5, 0.6) is 5.88 Å². The standard InChI is InChI=1S/C19H13BrFN5O3/c20-11-1-4-13-14(6-11)18(29-12-2-3-12)25-26(19(13)28)9-16(27)24-17-15(21)5-10(7-22)8-23-17/h1,4-6,8,12H,2-3,9H2,(H,23,24,27). The first-order chi connectivity index (χ1) is 13.9. The van der Waals surface area contributed by atoms with Crippen molar-refractivity contribution in [2.75, 3.05) is 5.32 Å². The van der Waals surface area contributed by atoms with Crippen molar-refractivity contribution in [3.05, 3.63) is 56.7 Å². The zero-order valence-electron chi connectivity index (χ0n) is 14.9. The first-order valence-electron chi connectivity index (χ1n) is 8.67. The second kappa shape index (κ2) is 7.60. The van der Waals surface area contributed by atoms with Crippen molar-refractivity contribution in [3.63, 3.8) is 0 Å². The number of rotatable bonds is 5. The fraction of sp³-hybridized carbons (Fsp3) is 0.211. The normalized spacial score (nSPS) is 13.1. The number of aromatic nitrogens is 3. The van der Waals surface area contributed by atoms with Crippen LogP contribution in [0, 0.1) is 17.1 Å². The third-order valence-corrected chi connectivity index (χ3v) is 4.71. The quantitative estimate of drug-likeness (QED) is 0.630. The number of pyridine rings is 1. The number of hydrogen-bond donors (Lipinski definition) is 1. The molecule has 4 rings (SSSR count). The highest BCUT2D eigenvalue weighted by molar-refractivity contribution is 9.10. The molecule has 0 saturated heterocycles. The Morgan fingerprint density at radius 2 is 2.17 bits per heavy atom. The lowest BCUT2D eigenvalue weighted by Gasteiger charge is -2.12. The highest BCUT2D eigenvalue weighted by Crippen LogP contribution is 2.30. The average Bonchev–Trinajstić information content (AvgIpc) is 3.51. The number of nitrogens with zero attached hydrogens (tertiary/aromatic N) is 4. The SMILES string of the molecule is N#Cc1cnc(NC(=O)Cn2nc(OC3CC3)c3cc(Br)ccc3c2=O)c(F)c1. The monoisotopic (exact) mass is 457 g/mol. The number of ether oxygens (including phenoxy) is 1. The van der Waals surface area contributed by atoms with Gasteiger partial charge in [-0.1, -0.05) is 15.9 Å². The molecule has 2 heterocycles. The van der Waals surface area contributed by atoms with Crippen LogP contribution < -0.4 is 15.6 Å². The van der Waals surface area contributed by atoms with Gasteiger partial charge in [0.05, 0.1) is 16.3 Å². The Morgan fingerprint density at radius 3 is 2.86 bits per heavy atom. The number of nitriles is 1. The minimum Gasteiger partial charge on any atom is -0.473 e. The summed E-state index contributed by atoms with van der Waals surface area (Å²) in [6.07, 6.45) is 2.99. The van der Waals surface area contributed by atoms with Crippen molar-refractivity contribution in [1.82, 2.24) is 14.8 Å². The Kier molecular flexibility index (Phi) is 4.98. The third-order valence-electron chi connectivity index (χ3n) is 4.21. The van der Waals surface area contributed by atoms with Crippen LogP contribution in [0.1, 0.15) is 18.4 Å². The molecule has 1 aliphatic carbocycles. The molecule has 0 atom stereocenters. The molecule has 0 aliphatic heterocycles. The third kappa shape index (κ3) is 4.09. The maximum absolute atomic E-state index is 13.9. The molecule has 146 valence electrons. The second-order valence-corrected chi connectivity index (χ2v) is 7.41. The number of nitrogens with one attached hydrogen (secondary N) is 1. The zero-order valence-corrected chi connectivity index (χ0v) is 16.4. The molecular formula is C19H13BrFN5O3. The van der Waals surface area contributed by atoms with Gasteiger partial charge in [-0.25, -0.2) is 14.1 Å². The van der Waals surface area contributed by atoms with Gasteiger partial charge < -0.3 is 10.1 Å². The molecule has 0 bridgehead atoms. The van der Waals surface area contributed by atoms with Crippen molar-refractivity contribution in [1.29, 1.82) is 5.26 Å². The van der Waals surface area contributed by atoms with Crippen LogP contribution in [0.25, 0.3) is 10.8 Å². The summed E-state index contributed by atoms with van der Waals surface area (Å²) >= 11 is 3.37. The predicted molar refractivity (Wildman–Crippen MR) is 105 cm³/mol. The van der Waals surface area contributed by atoms with E-state index in [1.807, 2.05) is 0 Å². The van der Waals surface area contributed by atoms with Gasteiger partial charge in [0, 0.05) is 10.7 Å². The van der Waals surface area contributed by atoms with Gasteiger partial charge in [-0.2, -0.15) is 5.26 Å². The maximum atomic E-state index is 13.9. The fourth-order valence-electron chi connectivity index (χ4n) is 2.66. The van der Waals surface area contributed by atoms with Gasteiger partial charge in [-0.3, -0.25) is 9.59 Å². The molecule has 1 amide bonds. The van der Waals surface area contributed by atoms with E-state index in [1.54, 1.807) is 24.3 Å². The second-order valence-electron chi connectivity index (χ2n) is 6.49. The van der Waals surface area contributed by atoms with E-state index in [1.165, 1.54) is 0 Å². The number of hydrogen-bond acceptors (Lipinski definition) is 6. The van der Waals surface area contributed by atoms with Crippen LogP contribution in [-0.4, -0.2) is 26.8 Å². The molecule has 1 saturated carbocycles. The molecule has 1 aromatic carbocycles. The van der Waals surface area contributed by atoms with Crippen LogP contribution in [-0.2, 0) is 11.3 Å². The molecule has 29 heavy (non-hydrogen) atoms. The lowest BCUT2D eigenvalue weighted by Crippen LogP contribution is -2.30. The number of anilines is 1. The van der Waals surface area contributed by atoms with E-state index in [-0.39, 0.29) is 23.4 Å². The Morgan fingerprint density at radius 1 is 1.38 bits per heavy atom. The first kappa shape index (κ1) is 19.0. The summed E-state index contributed by atoms with van der Waals surface area (Å²) in [6.45, 7) is -0.451. The minimum absolute atomic E-state index is 0.0286. The van der Waals surface area contributed by atoms with Gasteiger partial charge in [0.1, 0.15) is 18.7 Å². The predicted octanol–water partition coefficient (Wildman–Crippen LogP) is 2.74. The van der Waals surface area contributed by atoms with Crippen molar-refractivity contribution in [2.24, 2.45) is 0 Å². The highest BCUT2D eigenvalue weighted by atomic mass is 79.9. The summed E-state index contributed by atoms with van der Waals surface area (Å²) in [4.78, 5) is 28.8. The van der Waals surface area contributed by atoms with Gasteiger partial charge in [-0.05, 0) is 37.1 Å². The van der Waals surface area contributed by atoms with Gasteiger partial charge in [0.2, 0.25) is 11.8 Å². The largest absolute Gasteiger partial charge is 0.473 e. The van der Waals surface area contributed by atoms with Crippen LogP contribution in [0.4, 0.5) is 10.2 Å². The molecule has 8 nitrogen and oxygen atoms in total. The molecule has 0 unspecified atom stereocenters. The smallest absolute Gasteiger partial charge is 0.275 e. The number of carbonyl (C=O) groups is 1. The first-order valence-corrected chi connectivity index (χ1v) is 9.46. The topological polar surface area (TPSA) is 110 Å². The van der Waals surface area contributed by atoms with E-state index in [0.29, 0.717) is 10.8 Å². The molecule has 0 spiro atoms. The van der Waals surface area contributed by atoms with Crippen LogP contribution >= 0.6 is 15.9 Å². The zero-order chi connectivity index (χ0) is 20.5. The molecule has 1 aliphatic rings. The Balaban J connectivity index is 1.64. The van der Waals surface area contributed by atoms with E-state index in [0.717, 1.165) is 34.3 Å². The Bertz CT molecular complexity index is 1230. The van der Waals surface area contributed by atoms with Gasteiger partial charge >= 0.3 is 0 Å². The number of halogens is 2. The lowest BCUT2D eigenvalue weighted by atomic mass is 10.2. The Hall–Kier alpha value is -3.32. The molecular weight excluding hydrogens is 445 g/mol. The van der Waals surface area contributed by atoms with Gasteiger partial charge in [0.15, 0.2) is 11.6 Å². The molecule has 2 aromatic heterocycles. The summed E-state index contributed by atoms with van der Waals surface area (Å²) in [6, 6.07) is 7.79. The van der Waals surface area contributed by atoms with E-state index < -0.39 is 23.8 Å². The van der Waals surface area contributed by atoms with Crippen molar-refractivity contribution < 1.29 is 13.9 Å². The van der Waals surface area contributed by atoms with E-state index in [2.05, 4.69) is 31.3 Å². The number of benzene rings is 1. The van der Waals surface area contributed by atoms with Gasteiger partial charge in [0.25, 0.3) is 5.56 Å². The summed E-state index contributed by atoms with van der Waals surface area (Å²) in [5.74, 6) is -1.61. The average molecular weight is 458 g/mol. The number of amides is 1. The van der Waals surface area contributed by atoms with E-state index >= 15 is 0 Å². The molecule has 1 fully saturated rings. The molecule has 1 N–H and O–H groups in total. The Labute approximate surface area is 172 Å². The lowest BCUT2D eigenvalue weighted by molar-refractivity contribution is -0.117. The summed E-state index contributed by atoms with van der Waals surface area (Å²) in [5, 5.41) is 16.1. The van der Waals surface area contributed by atoms with Crippen LogP contribution in [0.2, 0.25) is 0 Å². The minimum atomic E-state index is -0.848. The van der Waals surface area contributed by atoms with Crippen molar-refractivity contribution >= 4 is 38.4 Å². The summed E-state index contributed by atoms with van der Waals surface area (Å²) in [5.41, 5.74) is -0.444. The summed E-state index contributed by atoms with van der Waals surface area (Å²) in [7, 11) is 0. The van der Waals surface area contributed by atoms with Crippen molar-refractivity contribution in [2.45, 2.75) is 25.5 Å². The van der Waals surface area contributed by atoms with E-state index in [4.69, 9.17) is 10.00 Å². The molecule has 3 aromatic rings. The fourth-order valence-corrected chi connectivity index (χ4v) is 3.03. The molecule has 10 heteroatoms. The van der Waals surface area contributed by atoms with Gasteiger partial charge in [-0.15, -0.1) is 5.10 Å². The number of fused-ring (bicyclic) bond motifs is 1. The summed E-state index contributed by atoms with van der Waals surface area (Å²) < 4.78 is 21.5. The van der Waals surface area contributed by atoms with E-state index in [9.17, 15) is 14.0 Å². The molecule has 0 radical (unpaired) electrons. The highest BCUT2D eigenvalue weighted by Gasteiger charge is 2.26. The van der Waals surface area contributed by atoms with Crippen LogP contribution in [0.15, 0.2) is 39.7 Å². The van der Waals surface area contributed by atoms with Crippen molar-refractivity contribution in [3.8, 4) is 11.9 Å². The van der Waals surface area contributed by atoms with Crippen LogP contribution in [0.3, 0.4) is 0 Å².